The Morgan fingerprint density at radius 3 is 2.37 bits per heavy atom. The Balaban J connectivity index is 2.53. The molecule has 0 radical (unpaired) electrons. The molecule has 0 saturated heterocycles. The lowest BCUT2D eigenvalue weighted by molar-refractivity contribution is 0.0505. The highest BCUT2D eigenvalue weighted by atomic mass is 32.1. The number of ether oxygens (including phenoxy) is 1. The second-order valence-electron chi connectivity index (χ2n) is 6.19. The van der Waals surface area contributed by atoms with Crippen LogP contribution in [-0.4, -0.2) is 28.9 Å². The van der Waals surface area contributed by atoms with E-state index in [9.17, 15) is 4.79 Å². The first-order chi connectivity index (χ1) is 8.72. The fourth-order valence-corrected chi connectivity index (χ4v) is 2.61. The van der Waals surface area contributed by atoms with Crippen LogP contribution in [0.4, 0.5) is 4.79 Å². The minimum atomic E-state index is -0.486. The summed E-state index contributed by atoms with van der Waals surface area (Å²) in [5.41, 5.74) is 4.89. The van der Waals surface area contributed by atoms with Crippen molar-refractivity contribution in [3.05, 3.63) is 0 Å². The van der Waals surface area contributed by atoms with E-state index in [-0.39, 0.29) is 10.7 Å². The Morgan fingerprint density at radius 1 is 1.32 bits per heavy atom. The predicted molar refractivity (Wildman–Crippen MR) is 80.0 cm³/mol. The third-order valence-corrected chi connectivity index (χ3v) is 3.27. The number of nitrogens with one attached hydrogen (secondary N) is 2. The molecule has 1 fully saturated rings. The Hall–Kier alpha value is -1.04. The Bertz CT molecular complexity index is 333. The summed E-state index contributed by atoms with van der Waals surface area (Å²) < 4.78 is 5.24. The number of hydrogen-bond donors (Lipinski definition) is 3. The van der Waals surface area contributed by atoms with E-state index in [2.05, 4.69) is 10.6 Å². The molecule has 5 nitrogen and oxygen atoms in total. The first-order valence-electron chi connectivity index (χ1n) is 6.77. The lowest BCUT2D eigenvalue weighted by atomic mass is 9.81. The summed E-state index contributed by atoms with van der Waals surface area (Å²) in [5.74, 6) is 0. The number of hydrogen-bond acceptors (Lipinski definition) is 3. The van der Waals surface area contributed by atoms with Crippen LogP contribution in [0.1, 0.15) is 52.9 Å². The normalized spacial score (nSPS) is 18.5. The van der Waals surface area contributed by atoms with Gasteiger partial charge in [-0.25, -0.2) is 4.79 Å². The molecule has 0 heterocycles. The molecule has 1 saturated carbocycles. The molecular weight excluding hydrogens is 262 g/mol. The molecule has 1 amide bonds. The first-order valence-corrected chi connectivity index (χ1v) is 7.18. The molecule has 0 bridgehead atoms. The molecule has 0 aromatic heterocycles. The van der Waals surface area contributed by atoms with Crippen molar-refractivity contribution in [3.8, 4) is 0 Å². The molecule has 110 valence electrons. The molecule has 1 rings (SSSR count). The number of rotatable bonds is 3. The Morgan fingerprint density at radius 2 is 1.89 bits per heavy atom. The summed E-state index contributed by atoms with van der Waals surface area (Å²) in [6, 6.07) is 0. The maximum absolute atomic E-state index is 11.7. The van der Waals surface area contributed by atoms with Gasteiger partial charge in [-0.1, -0.05) is 19.3 Å². The highest BCUT2D eigenvalue weighted by Crippen LogP contribution is 2.27. The molecule has 1 aliphatic rings. The molecule has 0 aromatic carbocycles. The molecule has 0 spiro atoms. The summed E-state index contributed by atoms with van der Waals surface area (Å²) in [4.78, 5) is 11.7. The average molecular weight is 287 g/mol. The summed E-state index contributed by atoms with van der Waals surface area (Å²) in [6.45, 7) is 6.02. The zero-order valence-corrected chi connectivity index (χ0v) is 12.9. The lowest BCUT2D eigenvalue weighted by Gasteiger charge is -2.38. The standard InChI is InChI=1S/C13H25N3O2S/c1-12(2,3)18-11(17)15-9-13(16-10(14)19)7-5-4-6-8-13/h4-9H2,1-3H3,(H,15,17)(H3,14,16,19). The SMILES string of the molecule is CC(C)(C)OC(=O)NCC1(NC(N)=S)CCCCC1. The summed E-state index contributed by atoms with van der Waals surface area (Å²) in [5, 5.41) is 6.25. The monoisotopic (exact) mass is 287 g/mol. The maximum atomic E-state index is 11.7. The minimum Gasteiger partial charge on any atom is -0.444 e. The van der Waals surface area contributed by atoms with Gasteiger partial charge in [0.15, 0.2) is 5.11 Å². The van der Waals surface area contributed by atoms with Crippen LogP contribution in [-0.2, 0) is 4.74 Å². The molecule has 1 aliphatic carbocycles. The Labute approximate surface area is 120 Å². The van der Waals surface area contributed by atoms with Gasteiger partial charge in [-0.2, -0.15) is 0 Å². The van der Waals surface area contributed by atoms with E-state index >= 15 is 0 Å². The van der Waals surface area contributed by atoms with Crippen LogP contribution in [0.3, 0.4) is 0 Å². The van der Waals surface area contributed by atoms with Gasteiger partial charge in [0.1, 0.15) is 5.60 Å². The second kappa shape index (κ2) is 6.41. The van der Waals surface area contributed by atoms with Gasteiger partial charge in [0.2, 0.25) is 0 Å². The average Bonchev–Trinajstić information content (AvgIpc) is 2.24. The molecule has 6 heteroatoms. The van der Waals surface area contributed by atoms with E-state index < -0.39 is 11.7 Å². The topological polar surface area (TPSA) is 76.4 Å². The third-order valence-electron chi connectivity index (χ3n) is 3.17. The zero-order chi connectivity index (χ0) is 14.5. The third kappa shape index (κ3) is 6.09. The number of nitrogens with two attached hydrogens (primary N) is 1. The fourth-order valence-electron chi connectivity index (χ4n) is 2.39. The van der Waals surface area contributed by atoms with E-state index in [1.807, 2.05) is 20.8 Å². The molecular formula is C13H25N3O2S. The van der Waals surface area contributed by atoms with Crippen LogP contribution in [0.25, 0.3) is 0 Å². The lowest BCUT2D eigenvalue weighted by Crippen LogP contribution is -2.58. The molecule has 4 N–H and O–H groups in total. The van der Waals surface area contributed by atoms with Crippen molar-refractivity contribution in [2.24, 2.45) is 5.73 Å². The van der Waals surface area contributed by atoms with Crippen LogP contribution in [0.2, 0.25) is 0 Å². The minimum absolute atomic E-state index is 0.221. The highest BCUT2D eigenvalue weighted by Gasteiger charge is 2.33. The molecule has 0 aliphatic heterocycles. The van der Waals surface area contributed by atoms with Crippen molar-refractivity contribution in [1.82, 2.24) is 10.6 Å². The fraction of sp³-hybridized carbons (Fsp3) is 0.846. The predicted octanol–water partition coefficient (Wildman–Crippen LogP) is 2.05. The van der Waals surface area contributed by atoms with Gasteiger partial charge in [0.25, 0.3) is 0 Å². The number of amides is 1. The quantitative estimate of drug-likeness (QED) is 0.693. The smallest absolute Gasteiger partial charge is 0.407 e. The van der Waals surface area contributed by atoms with Crippen molar-refractivity contribution < 1.29 is 9.53 Å². The van der Waals surface area contributed by atoms with Crippen LogP contribution in [0, 0.1) is 0 Å². The number of alkyl carbamates (subject to hydrolysis) is 1. The maximum Gasteiger partial charge on any atom is 0.407 e. The van der Waals surface area contributed by atoms with Gasteiger partial charge in [0.05, 0.1) is 5.54 Å². The second-order valence-corrected chi connectivity index (χ2v) is 6.63. The van der Waals surface area contributed by atoms with Crippen LogP contribution in [0.5, 0.6) is 0 Å². The van der Waals surface area contributed by atoms with Crippen molar-refractivity contribution in [3.63, 3.8) is 0 Å². The summed E-state index contributed by atoms with van der Waals surface area (Å²) >= 11 is 4.94. The highest BCUT2D eigenvalue weighted by molar-refractivity contribution is 7.80. The first kappa shape index (κ1) is 16.0. The Kier molecular flexibility index (Phi) is 5.40. The van der Waals surface area contributed by atoms with Gasteiger partial charge in [0, 0.05) is 6.54 Å². The van der Waals surface area contributed by atoms with Crippen molar-refractivity contribution in [2.45, 2.75) is 64.0 Å². The van der Waals surface area contributed by atoms with E-state index in [0.717, 1.165) is 25.7 Å². The number of carbonyl (C=O) groups excluding carboxylic acids is 1. The van der Waals surface area contributed by atoms with E-state index in [4.69, 9.17) is 22.7 Å². The molecule has 0 unspecified atom stereocenters. The molecule has 0 atom stereocenters. The van der Waals surface area contributed by atoms with Crippen LogP contribution in [0.15, 0.2) is 0 Å². The molecule has 19 heavy (non-hydrogen) atoms. The number of thiocarbonyl (C=S) groups is 1. The van der Waals surface area contributed by atoms with Crippen LogP contribution >= 0.6 is 12.2 Å². The van der Waals surface area contributed by atoms with E-state index in [0.29, 0.717) is 6.54 Å². The van der Waals surface area contributed by atoms with Crippen molar-refractivity contribution in [2.75, 3.05) is 6.54 Å². The van der Waals surface area contributed by atoms with Gasteiger partial charge in [-0.15, -0.1) is 0 Å². The zero-order valence-electron chi connectivity index (χ0n) is 12.0. The van der Waals surface area contributed by atoms with E-state index in [1.54, 1.807) is 0 Å². The largest absolute Gasteiger partial charge is 0.444 e. The van der Waals surface area contributed by atoms with Crippen molar-refractivity contribution >= 4 is 23.4 Å². The summed E-state index contributed by atoms with van der Waals surface area (Å²) in [6.07, 6.45) is 4.97. The van der Waals surface area contributed by atoms with Gasteiger partial charge >= 0.3 is 6.09 Å². The van der Waals surface area contributed by atoms with E-state index in [1.165, 1.54) is 6.42 Å². The van der Waals surface area contributed by atoms with Gasteiger partial charge in [-0.3, -0.25) is 0 Å². The number of carbonyl (C=O) groups is 1. The van der Waals surface area contributed by atoms with Gasteiger partial charge < -0.3 is 21.1 Å². The van der Waals surface area contributed by atoms with Gasteiger partial charge in [-0.05, 0) is 45.8 Å². The van der Waals surface area contributed by atoms with Crippen molar-refractivity contribution in [1.29, 1.82) is 0 Å². The summed E-state index contributed by atoms with van der Waals surface area (Å²) in [7, 11) is 0. The molecule has 0 aromatic rings. The van der Waals surface area contributed by atoms with Crippen LogP contribution < -0.4 is 16.4 Å².